The van der Waals surface area contributed by atoms with Gasteiger partial charge in [-0.3, -0.25) is 24.1 Å². The summed E-state index contributed by atoms with van der Waals surface area (Å²) >= 11 is 0. The zero-order chi connectivity index (χ0) is 22.9. The first-order chi connectivity index (χ1) is 14.1. The van der Waals surface area contributed by atoms with Gasteiger partial charge in [0.2, 0.25) is 17.7 Å². The van der Waals surface area contributed by atoms with Crippen LogP contribution < -0.4 is 11.1 Å². The van der Waals surface area contributed by atoms with Crippen LogP contribution in [0.3, 0.4) is 0 Å². The van der Waals surface area contributed by atoms with Crippen LogP contribution in [0.5, 0.6) is 0 Å². The number of rotatable bonds is 14. The molecule has 0 spiro atoms. The van der Waals surface area contributed by atoms with E-state index < -0.39 is 17.9 Å². The Balaban J connectivity index is 2.73. The van der Waals surface area contributed by atoms with Crippen molar-refractivity contribution in [1.29, 1.82) is 0 Å². The first-order valence-electron chi connectivity index (χ1n) is 11.5. The second-order valence-electron chi connectivity index (χ2n) is 9.23. The van der Waals surface area contributed by atoms with E-state index in [9.17, 15) is 19.2 Å². The van der Waals surface area contributed by atoms with Crippen LogP contribution in [0, 0.1) is 17.3 Å². The fraction of sp³-hybridized carbons (Fsp3) is 0.826. The minimum Gasteiger partial charge on any atom is -0.354 e. The zero-order valence-electron chi connectivity index (χ0n) is 19.5. The van der Waals surface area contributed by atoms with Gasteiger partial charge in [0.05, 0.1) is 5.92 Å². The summed E-state index contributed by atoms with van der Waals surface area (Å²) in [6.45, 7) is 10.1. The number of likely N-dealkylation sites (tertiary alicyclic amines) is 1. The zero-order valence-corrected chi connectivity index (χ0v) is 19.5. The highest BCUT2D eigenvalue weighted by molar-refractivity contribution is 6.07. The maximum Gasteiger partial charge on any atom is 0.244 e. The van der Waals surface area contributed by atoms with Gasteiger partial charge >= 0.3 is 0 Å². The normalized spacial score (nSPS) is 19.1. The van der Waals surface area contributed by atoms with Gasteiger partial charge in [-0.25, -0.2) is 0 Å². The van der Waals surface area contributed by atoms with Gasteiger partial charge in [-0.15, -0.1) is 0 Å². The molecule has 7 heteroatoms. The minimum atomic E-state index is -1.02. The summed E-state index contributed by atoms with van der Waals surface area (Å²) in [7, 11) is 0. The van der Waals surface area contributed by atoms with Crippen LogP contribution in [0.2, 0.25) is 0 Å². The summed E-state index contributed by atoms with van der Waals surface area (Å²) in [5.74, 6) is -1.51. The number of Topliss-reactive ketones (excluding diaryl/α,β-unsaturated/α-hetero) is 1. The first-order valence-corrected chi connectivity index (χ1v) is 11.5. The third kappa shape index (κ3) is 6.89. The number of carbonyl (C=O) groups is 4. The molecule has 3 atom stereocenters. The van der Waals surface area contributed by atoms with Crippen LogP contribution in [0.1, 0.15) is 86.0 Å². The molecule has 172 valence electrons. The van der Waals surface area contributed by atoms with Crippen molar-refractivity contribution in [3.8, 4) is 0 Å². The molecule has 0 aromatic carbocycles. The van der Waals surface area contributed by atoms with Crippen LogP contribution in [-0.2, 0) is 19.2 Å². The SMILES string of the molecule is CCCCCCC(C)(C)C1CC(=O)N([C@@H](CN)C(=O)NCCC(=O)C(C)CC)C1=O. The molecule has 2 unspecified atom stereocenters. The molecule has 1 fully saturated rings. The average molecular weight is 424 g/mol. The lowest BCUT2D eigenvalue weighted by atomic mass is 9.74. The number of nitrogens with two attached hydrogens (primary N) is 1. The molecule has 1 saturated heterocycles. The molecule has 1 aliphatic heterocycles. The maximum atomic E-state index is 13.1. The predicted octanol–water partition coefficient (Wildman–Crippen LogP) is 2.81. The molecule has 0 aliphatic carbocycles. The van der Waals surface area contributed by atoms with Crippen molar-refractivity contribution in [2.75, 3.05) is 13.1 Å². The highest BCUT2D eigenvalue weighted by atomic mass is 16.2. The summed E-state index contributed by atoms with van der Waals surface area (Å²) in [6, 6.07) is -1.02. The molecule has 0 aromatic heterocycles. The molecule has 0 radical (unpaired) electrons. The summed E-state index contributed by atoms with van der Waals surface area (Å²) < 4.78 is 0. The van der Waals surface area contributed by atoms with E-state index in [4.69, 9.17) is 5.73 Å². The summed E-state index contributed by atoms with van der Waals surface area (Å²) in [5, 5.41) is 2.68. The quantitative estimate of drug-likeness (QED) is 0.330. The number of hydrogen-bond donors (Lipinski definition) is 2. The summed E-state index contributed by atoms with van der Waals surface area (Å²) in [4.78, 5) is 51.4. The second kappa shape index (κ2) is 12.2. The number of carbonyl (C=O) groups excluding carboxylic acids is 4. The molecule has 3 amide bonds. The Labute approximate surface area is 181 Å². The van der Waals surface area contributed by atoms with E-state index in [1.54, 1.807) is 0 Å². The molecule has 3 N–H and O–H groups in total. The molecule has 7 nitrogen and oxygen atoms in total. The van der Waals surface area contributed by atoms with Crippen molar-refractivity contribution in [3.63, 3.8) is 0 Å². The Hall–Kier alpha value is -1.76. The van der Waals surface area contributed by atoms with Crippen molar-refractivity contribution < 1.29 is 19.2 Å². The van der Waals surface area contributed by atoms with Crippen molar-refractivity contribution in [2.45, 2.75) is 92.0 Å². The molecule has 1 heterocycles. The number of ketones is 1. The van der Waals surface area contributed by atoms with Crippen molar-refractivity contribution in [2.24, 2.45) is 23.0 Å². The Bertz CT molecular complexity index is 618. The molecular weight excluding hydrogens is 382 g/mol. The molecule has 0 aromatic rings. The number of amides is 3. The number of nitrogens with zero attached hydrogens (tertiary/aromatic N) is 1. The largest absolute Gasteiger partial charge is 0.354 e. The summed E-state index contributed by atoms with van der Waals surface area (Å²) in [5.41, 5.74) is 5.46. The smallest absolute Gasteiger partial charge is 0.244 e. The average Bonchev–Trinajstić information content (AvgIpc) is 3.00. The van der Waals surface area contributed by atoms with Gasteiger partial charge in [0.15, 0.2) is 0 Å². The van der Waals surface area contributed by atoms with Crippen LogP contribution >= 0.6 is 0 Å². The van der Waals surface area contributed by atoms with E-state index in [0.717, 1.165) is 43.4 Å². The van der Waals surface area contributed by atoms with E-state index in [2.05, 4.69) is 12.2 Å². The van der Waals surface area contributed by atoms with Crippen molar-refractivity contribution in [1.82, 2.24) is 10.2 Å². The molecule has 0 saturated carbocycles. The van der Waals surface area contributed by atoms with Gasteiger partial charge in [0.25, 0.3) is 0 Å². The van der Waals surface area contributed by atoms with Crippen molar-refractivity contribution in [3.05, 3.63) is 0 Å². The van der Waals surface area contributed by atoms with Crippen LogP contribution in [0.15, 0.2) is 0 Å². The van der Waals surface area contributed by atoms with Gasteiger partial charge < -0.3 is 11.1 Å². The van der Waals surface area contributed by atoms with Crippen molar-refractivity contribution >= 4 is 23.5 Å². The molecule has 1 rings (SSSR count). The van der Waals surface area contributed by atoms with E-state index in [0.29, 0.717) is 0 Å². The summed E-state index contributed by atoms with van der Waals surface area (Å²) in [6.07, 6.45) is 6.40. The van der Waals surface area contributed by atoms with Gasteiger partial charge in [0, 0.05) is 31.8 Å². The maximum absolute atomic E-state index is 13.1. The highest BCUT2D eigenvalue weighted by Gasteiger charge is 2.49. The lowest BCUT2D eigenvalue weighted by Crippen LogP contribution is -2.54. The molecule has 1 aliphatic rings. The lowest BCUT2D eigenvalue weighted by molar-refractivity contribution is -0.148. The number of imide groups is 1. The standard InChI is InChI=1S/C23H41N3O4/c1-6-8-9-10-12-23(4,5)17-14-20(28)26(22(17)30)18(15-24)21(29)25-13-11-19(27)16(3)7-2/h16-18H,6-15,24H2,1-5H3,(H,25,29)/t16?,17?,18-/m0/s1. The van der Waals surface area contributed by atoms with Gasteiger partial charge in [-0.05, 0) is 18.3 Å². The topological polar surface area (TPSA) is 110 Å². The van der Waals surface area contributed by atoms with Gasteiger partial charge in [-0.1, -0.05) is 60.3 Å². The highest BCUT2D eigenvalue weighted by Crippen LogP contribution is 2.40. The number of hydrogen-bond acceptors (Lipinski definition) is 5. The Morgan fingerprint density at radius 1 is 1.20 bits per heavy atom. The Kier molecular flexibility index (Phi) is 10.7. The lowest BCUT2D eigenvalue weighted by Gasteiger charge is -2.31. The van der Waals surface area contributed by atoms with Crippen LogP contribution in [0.4, 0.5) is 0 Å². The van der Waals surface area contributed by atoms with E-state index >= 15 is 0 Å². The van der Waals surface area contributed by atoms with E-state index in [-0.39, 0.29) is 54.9 Å². The first kappa shape index (κ1) is 26.3. The van der Waals surface area contributed by atoms with E-state index in [1.165, 1.54) is 0 Å². The molecular formula is C23H41N3O4. The number of unbranched alkanes of at least 4 members (excludes halogenated alkanes) is 3. The van der Waals surface area contributed by atoms with Gasteiger partial charge in [-0.2, -0.15) is 0 Å². The second-order valence-corrected chi connectivity index (χ2v) is 9.23. The van der Waals surface area contributed by atoms with Crippen LogP contribution in [0.25, 0.3) is 0 Å². The van der Waals surface area contributed by atoms with Crippen LogP contribution in [-0.4, -0.2) is 47.5 Å². The monoisotopic (exact) mass is 423 g/mol. The third-order valence-corrected chi connectivity index (χ3v) is 6.47. The van der Waals surface area contributed by atoms with E-state index in [1.807, 2.05) is 27.7 Å². The predicted molar refractivity (Wildman–Crippen MR) is 117 cm³/mol. The fourth-order valence-corrected chi connectivity index (χ4v) is 4.00. The minimum absolute atomic E-state index is 0.0470. The third-order valence-electron chi connectivity index (χ3n) is 6.47. The number of nitrogens with one attached hydrogen (secondary N) is 1. The Morgan fingerprint density at radius 2 is 1.87 bits per heavy atom. The molecule has 30 heavy (non-hydrogen) atoms. The Morgan fingerprint density at radius 3 is 2.43 bits per heavy atom. The van der Waals surface area contributed by atoms with Gasteiger partial charge in [0.1, 0.15) is 11.8 Å². The fourth-order valence-electron chi connectivity index (χ4n) is 4.00. The molecule has 0 bridgehead atoms.